The summed E-state index contributed by atoms with van der Waals surface area (Å²) in [4.78, 5) is 0. The molecule has 0 saturated heterocycles. The van der Waals surface area contributed by atoms with Gasteiger partial charge in [-0.25, -0.2) is 0 Å². The Kier molecular flexibility index (Phi) is 3.92. The number of nitrogens with zero attached hydrogens (tertiary/aromatic N) is 1. The number of hydrogen-bond donors (Lipinski definition) is 3. The second-order valence-electron chi connectivity index (χ2n) is 3.20. The first-order chi connectivity index (χ1) is 6.25. The second-order valence-corrected chi connectivity index (χ2v) is 3.20. The van der Waals surface area contributed by atoms with Crippen LogP contribution in [0.4, 0.5) is 0 Å². The van der Waals surface area contributed by atoms with Crippen molar-refractivity contribution in [3.05, 3.63) is 17.5 Å². The van der Waals surface area contributed by atoms with Crippen molar-refractivity contribution < 1.29 is 5.11 Å². The summed E-state index contributed by atoms with van der Waals surface area (Å²) in [6.45, 7) is 5.17. The van der Waals surface area contributed by atoms with E-state index in [2.05, 4.69) is 22.4 Å². The lowest BCUT2D eigenvalue weighted by molar-refractivity contribution is 0.284. The predicted octanol–water partition coefficient (Wildman–Crippen LogP) is 0.751. The van der Waals surface area contributed by atoms with Gasteiger partial charge in [0.05, 0.1) is 6.20 Å². The van der Waals surface area contributed by atoms with Crippen LogP contribution < -0.4 is 5.32 Å². The molecule has 0 fully saturated rings. The van der Waals surface area contributed by atoms with Crippen LogP contribution in [0.15, 0.2) is 6.20 Å². The Morgan fingerprint density at radius 1 is 1.69 bits per heavy atom. The lowest BCUT2D eigenvalue weighted by Gasteiger charge is -2.12. The zero-order chi connectivity index (χ0) is 9.68. The minimum atomic E-state index is 0.240. The van der Waals surface area contributed by atoms with Gasteiger partial charge in [0, 0.05) is 23.9 Å². The van der Waals surface area contributed by atoms with E-state index in [4.69, 9.17) is 5.11 Å². The lowest BCUT2D eigenvalue weighted by atomic mass is 10.1. The molecule has 0 radical (unpaired) electrons. The third-order valence-electron chi connectivity index (χ3n) is 2.12. The molecule has 3 N–H and O–H groups in total. The van der Waals surface area contributed by atoms with Crippen molar-refractivity contribution in [1.29, 1.82) is 0 Å². The van der Waals surface area contributed by atoms with Crippen molar-refractivity contribution in [3.8, 4) is 0 Å². The summed E-state index contributed by atoms with van der Waals surface area (Å²) in [6.07, 6.45) is 2.63. The van der Waals surface area contributed by atoms with Gasteiger partial charge in [-0.05, 0) is 26.8 Å². The molecule has 0 aliphatic heterocycles. The van der Waals surface area contributed by atoms with Crippen LogP contribution in [0.25, 0.3) is 0 Å². The summed E-state index contributed by atoms with van der Waals surface area (Å²) in [7, 11) is 0. The van der Waals surface area contributed by atoms with Crippen molar-refractivity contribution in [2.24, 2.45) is 0 Å². The zero-order valence-electron chi connectivity index (χ0n) is 8.17. The van der Waals surface area contributed by atoms with Gasteiger partial charge in [0.2, 0.25) is 0 Å². The van der Waals surface area contributed by atoms with Gasteiger partial charge in [-0.1, -0.05) is 0 Å². The molecule has 4 nitrogen and oxygen atoms in total. The highest BCUT2D eigenvalue weighted by Crippen LogP contribution is 2.13. The first-order valence-electron chi connectivity index (χ1n) is 4.59. The third-order valence-corrected chi connectivity index (χ3v) is 2.12. The van der Waals surface area contributed by atoms with Crippen molar-refractivity contribution in [2.45, 2.75) is 26.3 Å². The number of rotatable bonds is 5. The quantitative estimate of drug-likeness (QED) is 0.590. The van der Waals surface area contributed by atoms with Crippen LogP contribution in [0.1, 0.15) is 30.6 Å². The Bertz CT molecular complexity index is 247. The molecule has 0 aromatic carbocycles. The maximum absolute atomic E-state index is 8.61. The predicted molar refractivity (Wildman–Crippen MR) is 51.4 cm³/mol. The SMILES string of the molecule is Cc1[nH]ncc1C(C)NCCCO. The largest absolute Gasteiger partial charge is 0.396 e. The molecule has 1 atom stereocenters. The number of aliphatic hydroxyl groups excluding tert-OH is 1. The van der Waals surface area contributed by atoms with Gasteiger partial charge in [-0.2, -0.15) is 5.10 Å². The van der Waals surface area contributed by atoms with Crippen molar-refractivity contribution >= 4 is 0 Å². The van der Waals surface area contributed by atoms with E-state index in [1.54, 1.807) is 0 Å². The van der Waals surface area contributed by atoms with E-state index in [1.165, 1.54) is 5.56 Å². The molecular weight excluding hydrogens is 166 g/mol. The number of hydrogen-bond acceptors (Lipinski definition) is 3. The van der Waals surface area contributed by atoms with Crippen LogP contribution in [0, 0.1) is 6.92 Å². The Labute approximate surface area is 78.4 Å². The van der Waals surface area contributed by atoms with Crippen LogP contribution in [0.5, 0.6) is 0 Å². The summed E-state index contributed by atoms with van der Waals surface area (Å²) >= 11 is 0. The number of aromatic amines is 1. The first kappa shape index (κ1) is 10.2. The van der Waals surface area contributed by atoms with Crippen LogP contribution in [-0.4, -0.2) is 28.5 Å². The van der Waals surface area contributed by atoms with Crippen LogP contribution in [0.2, 0.25) is 0 Å². The minimum Gasteiger partial charge on any atom is -0.396 e. The van der Waals surface area contributed by atoms with E-state index in [-0.39, 0.29) is 6.61 Å². The zero-order valence-corrected chi connectivity index (χ0v) is 8.17. The van der Waals surface area contributed by atoms with Crippen LogP contribution in [-0.2, 0) is 0 Å². The number of aryl methyl sites for hydroxylation is 1. The van der Waals surface area contributed by atoms with Gasteiger partial charge < -0.3 is 10.4 Å². The summed E-state index contributed by atoms with van der Waals surface area (Å²) in [5.74, 6) is 0. The summed E-state index contributed by atoms with van der Waals surface area (Å²) in [5, 5.41) is 18.8. The monoisotopic (exact) mass is 183 g/mol. The van der Waals surface area contributed by atoms with Crippen LogP contribution in [0.3, 0.4) is 0 Å². The molecule has 0 bridgehead atoms. The number of aromatic nitrogens is 2. The molecule has 1 rings (SSSR count). The maximum Gasteiger partial charge on any atom is 0.0537 e. The second kappa shape index (κ2) is 4.99. The molecule has 1 aromatic rings. The molecule has 74 valence electrons. The van der Waals surface area contributed by atoms with E-state index in [9.17, 15) is 0 Å². The Morgan fingerprint density at radius 2 is 2.46 bits per heavy atom. The third kappa shape index (κ3) is 2.82. The fourth-order valence-electron chi connectivity index (χ4n) is 1.30. The van der Waals surface area contributed by atoms with Crippen molar-refractivity contribution in [3.63, 3.8) is 0 Å². The van der Waals surface area contributed by atoms with Crippen molar-refractivity contribution in [1.82, 2.24) is 15.5 Å². The molecule has 13 heavy (non-hydrogen) atoms. The molecule has 1 unspecified atom stereocenters. The Hall–Kier alpha value is -0.870. The molecule has 4 heteroatoms. The molecule has 0 spiro atoms. The molecular formula is C9H17N3O. The average Bonchev–Trinajstić information content (AvgIpc) is 2.52. The highest BCUT2D eigenvalue weighted by molar-refractivity contribution is 5.18. The topological polar surface area (TPSA) is 60.9 Å². The Morgan fingerprint density at radius 3 is 3.00 bits per heavy atom. The lowest BCUT2D eigenvalue weighted by Crippen LogP contribution is -2.20. The van der Waals surface area contributed by atoms with E-state index >= 15 is 0 Å². The molecule has 0 amide bonds. The van der Waals surface area contributed by atoms with Gasteiger partial charge in [0.1, 0.15) is 0 Å². The molecule has 1 heterocycles. The molecule has 0 aliphatic carbocycles. The smallest absolute Gasteiger partial charge is 0.0537 e. The summed E-state index contributed by atoms with van der Waals surface area (Å²) in [5.41, 5.74) is 2.29. The summed E-state index contributed by atoms with van der Waals surface area (Å²) in [6, 6.07) is 0.297. The van der Waals surface area contributed by atoms with Gasteiger partial charge >= 0.3 is 0 Å². The Balaban J connectivity index is 2.39. The van der Waals surface area contributed by atoms with Gasteiger partial charge in [0.25, 0.3) is 0 Å². The number of nitrogens with one attached hydrogen (secondary N) is 2. The van der Waals surface area contributed by atoms with E-state index < -0.39 is 0 Å². The summed E-state index contributed by atoms with van der Waals surface area (Å²) < 4.78 is 0. The fraction of sp³-hybridized carbons (Fsp3) is 0.667. The normalized spacial score (nSPS) is 13.2. The average molecular weight is 183 g/mol. The van der Waals surface area contributed by atoms with Gasteiger partial charge in [-0.15, -0.1) is 0 Å². The van der Waals surface area contributed by atoms with Gasteiger partial charge in [-0.3, -0.25) is 5.10 Å². The maximum atomic E-state index is 8.61. The van der Waals surface area contributed by atoms with E-state index in [0.29, 0.717) is 6.04 Å². The van der Waals surface area contributed by atoms with E-state index in [0.717, 1.165) is 18.7 Å². The highest BCUT2D eigenvalue weighted by atomic mass is 16.3. The first-order valence-corrected chi connectivity index (χ1v) is 4.59. The minimum absolute atomic E-state index is 0.240. The van der Waals surface area contributed by atoms with Crippen LogP contribution >= 0.6 is 0 Å². The van der Waals surface area contributed by atoms with Crippen molar-refractivity contribution in [2.75, 3.05) is 13.2 Å². The van der Waals surface area contributed by atoms with Gasteiger partial charge in [0.15, 0.2) is 0 Å². The highest BCUT2D eigenvalue weighted by Gasteiger charge is 2.08. The number of H-pyrrole nitrogens is 1. The van der Waals surface area contributed by atoms with E-state index in [1.807, 2.05) is 13.1 Å². The molecule has 1 aromatic heterocycles. The number of aliphatic hydroxyl groups is 1. The standard InChI is InChI=1S/C9H17N3O/c1-7(10-4-3-5-13)9-6-11-12-8(9)2/h6-7,10,13H,3-5H2,1-2H3,(H,11,12). The fourth-order valence-corrected chi connectivity index (χ4v) is 1.30. The molecule has 0 aliphatic rings. The molecule has 0 saturated carbocycles.